The molecule has 176 valence electrons. The zero-order chi connectivity index (χ0) is 23.7. The summed E-state index contributed by atoms with van der Waals surface area (Å²) in [5.41, 5.74) is 6.26. The van der Waals surface area contributed by atoms with Crippen molar-refractivity contribution in [3.8, 4) is 0 Å². The third kappa shape index (κ3) is 4.85. The van der Waals surface area contributed by atoms with Crippen LogP contribution in [0.3, 0.4) is 0 Å². The molecule has 10 heteroatoms. The predicted octanol–water partition coefficient (Wildman–Crippen LogP) is 2.40. The third-order valence-corrected chi connectivity index (χ3v) is 5.98. The van der Waals surface area contributed by atoms with Gasteiger partial charge in [0.2, 0.25) is 0 Å². The minimum absolute atomic E-state index is 0.107. The number of nitrogens with zero attached hydrogens (tertiary/aromatic N) is 9. The maximum atomic E-state index is 9.48. The fraction of sp³-hybridized carbons (Fsp3) is 0.478. The van der Waals surface area contributed by atoms with Gasteiger partial charge in [-0.05, 0) is 46.2 Å². The van der Waals surface area contributed by atoms with Crippen molar-refractivity contribution in [1.29, 1.82) is 0 Å². The predicted molar refractivity (Wildman–Crippen MR) is 127 cm³/mol. The average molecular weight is 452 g/mol. The van der Waals surface area contributed by atoms with Crippen LogP contribution in [0.1, 0.15) is 40.6 Å². The SMILES string of the molecule is Cc1cc(Cn2nc(N(CCCO)c3cc(C)n(Cc4cc(C)n(C)n4)n3)cc2C)nn1C. The van der Waals surface area contributed by atoms with Gasteiger partial charge in [0.15, 0.2) is 11.6 Å². The largest absolute Gasteiger partial charge is 0.396 e. The molecule has 0 saturated carbocycles. The molecule has 10 nitrogen and oxygen atoms in total. The van der Waals surface area contributed by atoms with Gasteiger partial charge < -0.3 is 10.0 Å². The summed E-state index contributed by atoms with van der Waals surface area (Å²) in [5.74, 6) is 1.62. The quantitative estimate of drug-likeness (QED) is 0.420. The zero-order valence-corrected chi connectivity index (χ0v) is 20.3. The maximum absolute atomic E-state index is 9.48. The second-order valence-corrected chi connectivity index (χ2v) is 8.63. The third-order valence-electron chi connectivity index (χ3n) is 5.98. The summed E-state index contributed by atoms with van der Waals surface area (Å²) in [7, 11) is 3.89. The van der Waals surface area contributed by atoms with E-state index >= 15 is 0 Å². The molecule has 4 rings (SSSR count). The first-order chi connectivity index (χ1) is 15.7. The Labute approximate surface area is 194 Å². The van der Waals surface area contributed by atoms with E-state index in [0.29, 0.717) is 26.1 Å². The average Bonchev–Trinajstić information content (AvgIpc) is 3.47. The van der Waals surface area contributed by atoms with Crippen molar-refractivity contribution in [1.82, 2.24) is 39.1 Å². The number of anilines is 2. The fourth-order valence-corrected chi connectivity index (χ4v) is 3.88. The number of aryl methyl sites for hydroxylation is 6. The molecule has 4 heterocycles. The van der Waals surface area contributed by atoms with E-state index in [9.17, 15) is 5.11 Å². The van der Waals surface area contributed by atoms with Crippen LogP contribution in [-0.4, -0.2) is 57.4 Å². The molecule has 0 atom stereocenters. The number of aliphatic hydroxyl groups excluding tert-OH is 1. The van der Waals surface area contributed by atoms with E-state index in [0.717, 1.165) is 45.8 Å². The minimum Gasteiger partial charge on any atom is -0.396 e. The zero-order valence-electron chi connectivity index (χ0n) is 20.3. The van der Waals surface area contributed by atoms with E-state index in [1.165, 1.54) is 0 Å². The van der Waals surface area contributed by atoms with E-state index in [1.54, 1.807) is 0 Å². The summed E-state index contributed by atoms with van der Waals surface area (Å²) in [6.07, 6.45) is 0.622. The summed E-state index contributed by atoms with van der Waals surface area (Å²) < 4.78 is 7.68. The van der Waals surface area contributed by atoms with Crippen LogP contribution >= 0.6 is 0 Å². The fourth-order valence-electron chi connectivity index (χ4n) is 3.88. The highest BCUT2D eigenvalue weighted by atomic mass is 16.3. The smallest absolute Gasteiger partial charge is 0.156 e. The molecule has 0 bridgehead atoms. The monoisotopic (exact) mass is 451 g/mol. The molecule has 0 fully saturated rings. The van der Waals surface area contributed by atoms with Crippen molar-refractivity contribution in [2.75, 3.05) is 18.1 Å². The van der Waals surface area contributed by atoms with Crippen LogP contribution in [0, 0.1) is 27.7 Å². The summed E-state index contributed by atoms with van der Waals surface area (Å²) in [6.45, 7) is 10.1. The van der Waals surface area contributed by atoms with Crippen molar-refractivity contribution >= 4 is 11.6 Å². The molecule has 33 heavy (non-hydrogen) atoms. The van der Waals surface area contributed by atoms with Crippen molar-refractivity contribution < 1.29 is 5.11 Å². The Morgan fingerprint density at radius 3 is 1.52 bits per heavy atom. The van der Waals surface area contributed by atoms with Crippen molar-refractivity contribution in [2.24, 2.45) is 14.1 Å². The van der Waals surface area contributed by atoms with E-state index in [4.69, 9.17) is 10.2 Å². The van der Waals surface area contributed by atoms with Gasteiger partial charge in [0.05, 0.1) is 24.5 Å². The van der Waals surface area contributed by atoms with Gasteiger partial charge in [0, 0.05) is 62.2 Å². The van der Waals surface area contributed by atoms with Crippen molar-refractivity contribution in [3.05, 3.63) is 58.4 Å². The van der Waals surface area contributed by atoms with Crippen LogP contribution in [0.5, 0.6) is 0 Å². The number of hydrogen-bond donors (Lipinski definition) is 1. The van der Waals surface area contributed by atoms with Crippen LogP contribution in [0.15, 0.2) is 24.3 Å². The standard InChI is InChI=1S/C23H33N9O/c1-16-10-20(24-28(16)5)14-31-18(3)12-22(26-31)30(8-7-9-33)23-13-19(4)32(27-23)15-21-11-17(2)29(6)25-21/h10-13,33H,7-9,14-15H2,1-6H3. The lowest BCUT2D eigenvalue weighted by atomic mass is 10.3. The topological polar surface area (TPSA) is 94.8 Å². The van der Waals surface area contributed by atoms with Crippen molar-refractivity contribution in [3.63, 3.8) is 0 Å². The van der Waals surface area contributed by atoms with E-state index < -0.39 is 0 Å². The molecular formula is C23H33N9O. The number of rotatable bonds is 9. The summed E-state index contributed by atoms with van der Waals surface area (Å²) in [4.78, 5) is 2.07. The molecule has 0 amide bonds. The number of hydrogen-bond acceptors (Lipinski definition) is 6. The molecule has 0 unspecified atom stereocenters. The first-order valence-electron chi connectivity index (χ1n) is 11.2. The lowest BCUT2D eigenvalue weighted by molar-refractivity contribution is 0.290. The Morgan fingerprint density at radius 2 is 1.15 bits per heavy atom. The Kier molecular flexibility index (Phi) is 6.37. The highest BCUT2D eigenvalue weighted by Crippen LogP contribution is 2.26. The van der Waals surface area contributed by atoms with Crippen LogP contribution in [0.4, 0.5) is 11.6 Å². The first-order valence-corrected chi connectivity index (χ1v) is 11.2. The van der Waals surface area contributed by atoms with Gasteiger partial charge in [0.25, 0.3) is 0 Å². The van der Waals surface area contributed by atoms with Crippen LogP contribution in [0.25, 0.3) is 0 Å². The lowest BCUT2D eigenvalue weighted by Crippen LogP contribution is -2.21. The summed E-state index contributed by atoms with van der Waals surface area (Å²) in [5, 5.41) is 28.3. The summed E-state index contributed by atoms with van der Waals surface area (Å²) in [6, 6.07) is 8.27. The van der Waals surface area contributed by atoms with Gasteiger partial charge in [-0.3, -0.25) is 18.7 Å². The molecule has 0 aliphatic rings. The molecular weight excluding hydrogens is 418 g/mol. The molecule has 0 radical (unpaired) electrons. The second kappa shape index (κ2) is 9.22. The van der Waals surface area contributed by atoms with Crippen LogP contribution < -0.4 is 4.90 Å². The van der Waals surface area contributed by atoms with Gasteiger partial charge in [-0.15, -0.1) is 0 Å². The Balaban J connectivity index is 1.61. The van der Waals surface area contributed by atoms with Crippen molar-refractivity contribution in [2.45, 2.75) is 47.2 Å². The van der Waals surface area contributed by atoms with Gasteiger partial charge >= 0.3 is 0 Å². The van der Waals surface area contributed by atoms with Crippen LogP contribution in [-0.2, 0) is 27.2 Å². The normalized spacial score (nSPS) is 11.5. The maximum Gasteiger partial charge on any atom is 0.156 e. The van der Waals surface area contributed by atoms with Gasteiger partial charge in [0.1, 0.15) is 0 Å². The van der Waals surface area contributed by atoms with E-state index in [2.05, 4.69) is 39.4 Å². The molecule has 0 aromatic carbocycles. The Morgan fingerprint density at radius 1 is 0.697 bits per heavy atom. The molecule has 4 aromatic rings. The Bertz CT molecular complexity index is 1110. The molecule has 1 N–H and O–H groups in total. The van der Waals surface area contributed by atoms with E-state index in [1.807, 2.05) is 60.5 Å². The summed E-state index contributed by atoms with van der Waals surface area (Å²) >= 11 is 0. The van der Waals surface area contributed by atoms with Gasteiger partial charge in [-0.1, -0.05) is 0 Å². The second-order valence-electron chi connectivity index (χ2n) is 8.63. The first kappa shape index (κ1) is 22.8. The molecule has 0 spiro atoms. The highest BCUT2D eigenvalue weighted by molar-refractivity contribution is 5.56. The molecule has 0 aliphatic heterocycles. The number of aliphatic hydroxyl groups is 1. The molecule has 0 aliphatic carbocycles. The van der Waals surface area contributed by atoms with Gasteiger partial charge in [-0.25, -0.2) is 0 Å². The molecule has 4 aromatic heterocycles. The number of aromatic nitrogens is 8. The molecule has 0 saturated heterocycles. The minimum atomic E-state index is 0.107. The van der Waals surface area contributed by atoms with E-state index in [-0.39, 0.29) is 6.61 Å². The van der Waals surface area contributed by atoms with Crippen LogP contribution in [0.2, 0.25) is 0 Å². The highest BCUT2D eigenvalue weighted by Gasteiger charge is 2.19. The lowest BCUT2D eigenvalue weighted by Gasteiger charge is -2.19. The van der Waals surface area contributed by atoms with Gasteiger partial charge in [-0.2, -0.15) is 20.4 Å². The Hall–Kier alpha value is -3.40.